The summed E-state index contributed by atoms with van der Waals surface area (Å²) in [5, 5.41) is 3.29. The molecule has 0 unspecified atom stereocenters. The van der Waals surface area contributed by atoms with Gasteiger partial charge in [-0.25, -0.2) is 4.98 Å². The molecular formula is C14H20N4O2S. The lowest BCUT2D eigenvalue weighted by molar-refractivity contribution is 0.0958. The molecule has 0 bridgehead atoms. The summed E-state index contributed by atoms with van der Waals surface area (Å²) in [4.78, 5) is 30.3. The fourth-order valence-corrected chi connectivity index (χ4v) is 3.42. The number of fused-ring (bicyclic) bond motifs is 1. The molecule has 0 aliphatic rings. The van der Waals surface area contributed by atoms with Gasteiger partial charge in [0.15, 0.2) is 0 Å². The summed E-state index contributed by atoms with van der Waals surface area (Å²) in [6, 6.07) is 0. The molecule has 0 atom stereocenters. The smallest absolute Gasteiger partial charge is 0.262 e. The van der Waals surface area contributed by atoms with E-state index in [9.17, 15) is 9.59 Å². The van der Waals surface area contributed by atoms with Crippen molar-refractivity contribution < 1.29 is 4.79 Å². The lowest BCUT2D eigenvalue weighted by atomic mass is 10.2. The summed E-state index contributed by atoms with van der Waals surface area (Å²) >= 11 is 1.26. The Balaban J connectivity index is 2.59. The Labute approximate surface area is 127 Å². The van der Waals surface area contributed by atoms with Crippen LogP contribution in [0.1, 0.15) is 34.4 Å². The average molecular weight is 308 g/mol. The maximum absolute atomic E-state index is 12.6. The first kappa shape index (κ1) is 15.7. The maximum Gasteiger partial charge on any atom is 0.262 e. The van der Waals surface area contributed by atoms with Gasteiger partial charge in [0.25, 0.3) is 11.5 Å². The summed E-state index contributed by atoms with van der Waals surface area (Å²) in [6.45, 7) is 7.07. The Morgan fingerprint density at radius 1 is 1.43 bits per heavy atom. The number of carbonyl (C=O) groups excluding carboxylic acids is 1. The average Bonchev–Trinajstić information content (AvgIpc) is 2.77. The minimum atomic E-state index is -0.194. The molecule has 7 heteroatoms. The Bertz CT molecular complexity index is 733. The highest BCUT2D eigenvalue weighted by Gasteiger charge is 2.20. The van der Waals surface area contributed by atoms with Gasteiger partial charge in [-0.3, -0.25) is 14.2 Å². The van der Waals surface area contributed by atoms with Crippen molar-refractivity contribution in [2.75, 3.05) is 13.1 Å². The summed E-state index contributed by atoms with van der Waals surface area (Å²) in [6.07, 6.45) is 0.862. The van der Waals surface area contributed by atoms with Crippen LogP contribution in [0.5, 0.6) is 0 Å². The van der Waals surface area contributed by atoms with Crippen LogP contribution in [-0.4, -0.2) is 28.5 Å². The molecule has 114 valence electrons. The summed E-state index contributed by atoms with van der Waals surface area (Å²) < 4.78 is 1.67. The van der Waals surface area contributed by atoms with Gasteiger partial charge in [0.1, 0.15) is 10.7 Å². The van der Waals surface area contributed by atoms with Crippen molar-refractivity contribution in [3.63, 3.8) is 0 Å². The lowest BCUT2D eigenvalue weighted by Gasteiger charge is -2.07. The van der Waals surface area contributed by atoms with Gasteiger partial charge in [0, 0.05) is 19.6 Å². The lowest BCUT2D eigenvalue weighted by Crippen LogP contribution is -2.29. The number of thiophene rings is 1. The first-order valence-corrected chi connectivity index (χ1v) is 7.81. The van der Waals surface area contributed by atoms with Gasteiger partial charge in [-0.1, -0.05) is 6.92 Å². The molecule has 0 aliphatic heterocycles. The number of amides is 1. The minimum Gasteiger partial charge on any atom is -0.350 e. The number of hydrogen-bond donors (Lipinski definition) is 2. The molecule has 2 rings (SSSR count). The molecule has 3 N–H and O–H groups in total. The van der Waals surface area contributed by atoms with Crippen molar-refractivity contribution in [1.82, 2.24) is 14.9 Å². The molecule has 0 saturated heterocycles. The Kier molecular flexibility index (Phi) is 4.74. The van der Waals surface area contributed by atoms with Gasteiger partial charge < -0.3 is 11.1 Å². The van der Waals surface area contributed by atoms with Crippen molar-refractivity contribution in [3.05, 3.63) is 26.6 Å². The van der Waals surface area contributed by atoms with Gasteiger partial charge in [0.05, 0.1) is 10.3 Å². The monoisotopic (exact) mass is 308 g/mol. The molecule has 0 aliphatic carbocycles. The van der Waals surface area contributed by atoms with E-state index in [0.717, 1.165) is 6.42 Å². The van der Waals surface area contributed by atoms with Crippen LogP contribution in [0.25, 0.3) is 10.2 Å². The predicted octanol–water partition coefficient (Wildman–Crippen LogP) is 1.17. The first-order chi connectivity index (χ1) is 10.0. The number of nitrogens with two attached hydrogens (primary N) is 1. The fraction of sp³-hybridized carbons (Fsp3) is 0.500. The van der Waals surface area contributed by atoms with E-state index in [2.05, 4.69) is 10.3 Å². The van der Waals surface area contributed by atoms with E-state index >= 15 is 0 Å². The van der Waals surface area contributed by atoms with E-state index in [1.807, 2.05) is 13.8 Å². The zero-order valence-corrected chi connectivity index (χ0v) is 13.3. The van der Waals surface area contributed by atoms with E-state index in [-0.39, 0.29) is 11.5 Å². The van der Waals surface area contributed by atoms with Gasteiger partial charge in [0.2, 0.25) is 0 Å². The Morgan fingerprint density at radius 2 is 2.14 bits per heavy atom. The van der Waals surface area contributed by atoms with Crippen LogP contribution >= 0.6 is 11.3 Å². The number of nitrogens with one attached hydrogen (secondary N) is 1. The maximum atomic E-state index is 12.6. The predicted molar refractivity (Wildman–Crippen MR) is 85.0 cm³/mol. The highest BCUT2D eigenvalue weighted by atomic mass is 32.1. The third-order valence-corrected chi connectivity index (χ3v) is 4.51. The first-order valence-electron chi connectivity index (χ1n) is 7.00. The van der Waals surface area contributed by atoms with Crippen LogP contribution in [0.4, 0.5) is 0 Å². The highest BCUT2D eigenvalue weighted by molar-refractivity contribution is 7.20. The number of rotatable bonds is 5. The van der Waals surface area contributed by atoms with Crippen molar-refractivity contribution in [2.24, 2.45) is 5.73 Å². The van der Waals surface area contributed by atoms with Crippen molar-refractivity contribution >= 4 is 27.5 Å². The largest absolute Gasteiger partial charge is 0.350 e. The highest BCUT2D eigenvalue weighted by Crippen LogP contribution is 2.27. The van der Waals surface area contributed by atoms with Crippen molar-refractivity contribution in [3.8, 4) is 0 Å². The Morgan fingerprint density at radius 3 is 2.76 bits per heavy atom. The van der Waals surface area contributed by atoms with Gasteiger partial charge in [-0.05, 0) is 25.8 Å². The van der Waals surface area contributed by atoms with E-state index in [4.69, 9.17) is 5.73 Å². The van der Waals surface area contributed by atoms with Crippen LogP contribution in [0.3, 0.4) is 0 Å². The molecule has 2 aromatic rings. The normalized spacial score (nSPS) is 11.0. The quantitative estimate of drug-likeness (QED) is 0.867. The minimum absolute atomic E-state index is 0.0639. The molecule has 6 nitrogen and oxygen atoms in total. The second-order valence-corrected chi connectivity index (χ2v) is 5.90. The van der Waals surface area contributed by atoms with E-state index in [1.54, 1.807) is 11.5 Å². The number of carbonyl (C=O) groups is 1. The van der Waals surface area contributed by atoms with E-state index in [0.29, 0.717) is 46.1 Å². The fourth-order valence-electron chi connectivity index (χ4n) is 2.29. The Hall–Kier alpha value is -1.73. The van der Waals surface area contributed by atoms with Gasteiger partial charge >= 0.3 is 0 Å². The molecule has 2 aromatic heterocycles. The standard InChI is InChI=1S/C14H20N4O2S/c1-4-7-18-9(3)17-13-10(14(18)20)8(2)11(21-13)12(19)16-6-5-15/h4-7,15H2,1-3H3,(H,16,19). The van der Waals surface area contributed by atoms with E-state index < -0.39 is 0 Å². The number of hydrogen-bond acceptors (Lipinski definition) is 5. The summed E-state index contributed by atoms with van der Waals surface area (Å²) in [5.41, 5.74) is 6.03. The van der Waals surface area contributed by atoms with Crippen molar-refractivity contribution in [1.29, 1.82) is 0 Å². The topological polar surface area (TPSA) is 90.0 Å². The third kappa shape index (κ3) is 2.84. The van der Waals surface area contributed by atoms with Gasteiger partial charge in [-0.15, -0.1) is 11.3 Å². The second-order valence-electron chi connectivity index (χ2n) is 4.90. The molecule has 0 saturated carbocycles. The van der Waals surface area contributed by atoms with Crippen LogP contribution in [0.15, 0.2) is 4.79 Å². The summed E-state index contributed by atoms with van der Waals surface area (Å²) in [5.74, 6) is 0.490. The molecule has 0 fully saturated rings. The third-order valence-electron chi connectivity index (χ3n) is 3.32. The van der Waals surface area contributed by atoms with Crippen LogP contribution in [0.2, 0.25) is 0 Å². The molecule has 0 radical (unpaired) electrons. The summed E-state index contributed by atoms with van der Waals surface area (Å²) in [7, 11) is 0. The van der Waals surface area contributed by atoms with Crippen molar-refractivity contribution in [2.45, 2.75) is 33.7 Å². The number of nitrogens with zero attached hydrogens (tertiary/aromatic N) is 2. The van der Waals surface area contributed by atoms with Gasteiger partial charge in [-0.2, -0.15) is 0 Å². The molecule has 21 heavy (non-hydrogen) atoms. The zero-order chi connectivity index (χ0) is 15.6. The molecule has 0 spiro atoms. The molecule has 1 amide bonds. The van der Waals surface area contributed by atoms with Crippen LogP contribution in [-0.2, 0) is 6.54 Å². The number of aromatic nitrogens is 2. The number of aryl methyl sites for hydroxylation is 2. The zero-order valence-electron chi connectivity index (χ0n) is 12.5. The molecule has 2 heterocycles. The van der Waals surface area contributed by atoms with Crippen LogP contribution in [0, 0.1) is 13.8 Å². The SMILES string of the molecule is CCCn1c(C)nc2sc(C(=O)NCCN)c(C)c2c1=O. The molecule has 0 aromatic carbocycles. The van der Waals surface area contributed by atoms with Crippen LogP contribution < -0.4 is 16.6 Å². The second kappa shape index (κ2) is 6.36. The molecular weight excluding hydrogens is 288 g/mol. The van der Waals surface area contributed by atoms with E-state index in [1.165, 1.54) is 11.3 Å².